The minimum atomic E-state index is -0.390. The van der Waals surface area contributed by atoms with Crippen LogP contribution in [0.3, 0.4) is 0 Å². The molecule has 0 amide bonds. The van der Waals surface area contributed by atoms with Gasteiger partial charge in [-0.15, -0.1) is 10.2 Å². The Balaban J connectivity index is 1.75. The lowest BCUT2D eigenvalue weighted by atomic mass is 10.1. The Kier molecular flexibility index (Phi) is 5.11. The third-order valence-electron chi connectivity index (χ3n) is 4.10. The first kappa shape index (κ1) is 17.6. The number of benzene rings is 2. The maximum atomic E-state index is 6.23. The van der Waals surface area contributed by atoms with Gasteiger partial charge in [-0.05, 0) is 43.0 Å². The monoisotopic (exact) mass is 380 g/mol. The van der Waals surface area contributed by atoms with Crippen molar-refractivity contribution in [1.29, 1.82) is 0 Å². The SMILES string of the molecule is CCOc1ccc([C@@H]2Nc3ccccc3-c3nnc(SCC)nc3O2)cc1. The lowest BCUT2D eigenvalue weighted by Gasteiger charge is -2.19. The van der Waals surface area contributed by atoms with Crippen LogP contribution < -0.4 is 14.8 Å². The fraction of sp³-hybridized carbons (Fsp3) is 0.250. The van der Waals surface area contributed by atoms with Gasteiger partial charge < -0.3 is 14.8 Å². The van der Waals surface area contributed by atoms with Gasteiger partial charge in [0, 0.05) is 16.8 Å². The van der Waals surface area contributed by atoms with Crippen molar-refractivity contribution in [2.24, 2.45) is 0 Å². The molecule has 0 saturated heterocycles. The van der Waals surface area contributed by atoms with Gasteiger partial charge in [-0.1, -0.05) is 36.9 Å². The van der Waals surface area contributed by atoms with Gasteiger partial charge in [-0.3, -0.25) is 0 Å². The first-order valence-corrected chi connectivity index (χ1v) is 9.90. The maximum absolute atomic E-state index is 6.23. The summed E-state index contributed by atoms with van der Waals surface area (Å²) < 4.78 is 11.8. The van der Waals surface area contributed by atoms with Gasteiger partial charge in [0.25, 0.3) is 0 Å². The van der Waals surface area contributed by atoms with E-state index in [-0.39, 0.29) is 6.23 Å². The predicted octanol–water partition coefficient (Wildman–Crippen LogP) is 4.55. The molecule has 0 spiro atoms. The molecule has 0 saturated carbocycles. The smallest absolute Gasteiger partial charge is 0.247 e. The predicted molar refractivity (Wildman–Crippen MR) is 106 cm³/mol. The van der Waals surface area contributed by atoms with Gasteiger partial charge >= 0.3 is 0 Å². The summed E-state index contributed by atoms with van der Waals surface area (Å²) in [6.07, 6.45) is -0.390. The summed E-state index contributed by atoms with van der Waals surface area (Å²) in [7, 11) is 0. The van der Waals surface area contributed by atoms with Gasteiger partial charge in [0.05, 0.1) is 6.61 Å². The highest BCUT2D eigenvalue weighted by molar-refractivity contribution is 7.99. The molecule has 1 aliphatic heterocycles. The summed E-state index contributed by atoms with van der Waals surface area (Å²) in [6.45, 7) is 4.66. The number of hydrogen-bond acceptors (Lipinski definition) is 7. The van der Waals surface area contributed by atoms with E-state index >= 15 is 0 Å². The normalized spacial score (nSPS) is 15.0. The van der Waals surface area contributed by atoms with Crippen LogP contribution in [0.25, 0.3) is 11.3 Å². The van der Waals surface area contributed by atoms with Crippen molar-refractivity contribution >= 4 is 17.4 Å². The molecule has 7 heteroatoms. The van der Waals surface area contributed by atoms with E-state index in [9.17, 15) is 0 Å². The molecule has 1 aliphatic rings. The first-order valence-electron chi connectivity index (χ1n) is 8.91. The number of rotatable bonds is 5. The van der Waals surface area contributed by atoms with Gasteiger partial charge in [-0.2, -0.15) is 4.98 Å². The number of nitrogens with zero attached hydrogens (tertiary/aromatic N) is 3. The highest BCUT2D eigenvalue weighted by atomic mass is 32.2. The number of ether oxygens (including phenoxy) is 2. The highest BCUT2D eigenvalue weighted by Crippen LogP contribution is 2.39. The molecule has 0 fully saturated rings. The summed E-state index contributed by atoms with van der Waals surface area (Å²) in [4.78, 5) is 4.59. The van der Waals surface area contributed by atoms with Crippen molar-refractivity contribution in [3.63, 3.8) is 0 Å². The largest absolute Gasteiger partial charge is 0.494 e. The third-order valence-corrected chi connectivity index (χ3v) is 4.82. The molecule has 0 unspecified atom stereocenters. The summed E-state index contributed by atoms with van der Waals surface area (Å²) in [5, 5.41) is 12.7. The zero-order valence-corrected chi connectivity index (χ0v) is 16.0. The van der Waals surface area contributed by atoms with Gasteiger partial charge in [-0.25, -0.2) is 0 Å². The van der Waals surface area contributed by atoms with Crippen LogP contribution in [0.2, 0.25) is 0 Å². The Hall–Kier alpha value is -2.80. The molecular formula is C20H20N4O2S. The van der Waals surface area contributed by atoms with Crippen molar-refractivity contribution in [2.45, 2.75) is 25.2 Å². The number of hydrogen-bond donors (Lipinski definition) is 1. The number of para-hydroxylation sites is 1. The minimum absolute atomic E-state index is 0.390. The topological polar surface area (TPSA) is 69.2 Å². The van der Waals surface area contributed by atoms with Crippen molar-refractivity contribution in [3.8, 4) is 22.9 Å². The number of fused-ring (bicyclic) bond motifs is 3. The molecule has 0 aliphatic carbocycles. The lowest BCUT2D eigenvalue weighted by Crippen LogP contribution is -2.17. The van der Waals surface area contributed by atoms with E-state index in [2.05, 4.69) is 27.4 Å². The Labute approximate surface area is 162 Å². The second-order valence-corrected chi connectivity index (χ2v) is 7.10. The van der Waals surface area contributed by atoms with Crippen LogP contribution in [0.5, 0.6) is 11.6 Å². The second-order valence-electron chi connectivity index (χ2n) is 5.87. The van der Waals surface area contributed by atoms with Gasteiger partial charge in [0.1, 0.15) is 5.75 Å². The van der Waals surface area contributed by atoms with Crippen molar-refractivity contribution in [3.05, 3.63) is 54.1 Å². The molecule has 6 nitrogen and oxygen atoms in total. The van der Waals surface area contributed by atoms with Crippen LogP contribution in [0, 0.1) is 0 Å². The van der Waals surface area contributed by atoms with Crippen molar-refractivity contribution < 1.29 is 9.47 Å². The number of aromatic nitrogens is 3. The lowest BCUT2D eigenvalue weighted by molar-refractivity contribution is 0.225. The molecule has 0 bridgehead atoms. The zero-order chi connectivity index (χ0) is 18.6. The van der Waals surface area contributed by atoms with Crippen LogP contribution in [0.4, 0.5) is 5.69 Å². The summed E-state index contributed by atoms with van der Waals surface area (Å²) in [6, 6.07) is 15.8. The van der Waals surface area contributed by atoms with Crippen molar-refractivity contribution in [2.75, 3.05) is 17.7 Å². The molecule has 0 radical (unpaired) electrons. The number of nitrogens with one attached hydrogen (secondary N) is 1. The van der Waals surface area contributed by atoms with Gasteiger partial charge in [0.2, 0.25) is 11.0 Å². The standard InChI is InChI=1S/C20H20N4O2S/c1-3-25-14-11-9-13(10-12-14)18-21-16-8-6-5-7-15(16)17-19(26-18)22-20(24-23-17)27-4-2/h5-12,18,21H,3-4H2,1-2H3/t18-/m1/s1. The summed E-state index contributed by atoms with van der Waals surface area (Å²) in [5.74, 6) is 2.19. The number of anilines is 1. The van der Waals surface area contributed by atoms with Crippen LogP contribution in [-0.4, -0.2) is 27.5 Å². The molecule has 2 aromatic carbocycles. The average Bonchev–Trinajstić information content (AvgIpc) is 2.85. The number of thioether (sulfide) groups is 1. The molecule has 1 atom stereocenters. The molecule has 1 aromatic heterocycles. The van der Waals surface area contributed by atoms with Crippen LogP contribution in [0.15, 0.2) is 53.7 Å². The van der Waals surface area contributed by atoms with E-state index in [0.29, 0.717) is 23.3 Å². The fourth-order valence-electron chi connectivity index (χ4n) is 2.89. The fourth-order valence-corrected chi connectivity index (χ4v) is 3.40. The molecule has 1 N–H and O–H groups in total. The molecule has 4 rings (SSSR count). The molecule has 2 heterocycles. The maximum Gasteiger partial charge on any atom is 0.247 e. The Morgan fingerprint density at radius 3 is 2.67 bits per heavy atom. The zero-order valence-electron chi connectivity index (χ0n) is 15.2. The van der Waals surface area contributed by atoms with Crippen LogP contribution in [-0.2, 0) is 0 Å². The average molecular weight is 380 g/mol. The van der Waals surface area contributed by atoms with Crippen LogP contribution >= 0.6 is 11.8 Å². The van der Waals surface area contributed by atoms with Gasteiger partial charge in [0.15, 0.2) is 11.9 Å². The second kappa shape index (κ2) is 7.84. The van der Waals surface area contributed by atoms with E-state index in [0.717, 1.165) is 28.3 Å². The third kappa shape index (κ3) is 3.68. The minimum Gasteiger partial charge on any atom is -0.494 e. The summed E-state index contributed by atoms with van der Waals surface area (Å²) in [5.41, 5.74) is 3.48. The van der Waals surface area contributed by atoms with E-state index in [1.165, 1.54) is 11.8 Å². The quantitative estimate of drug-likeness (QED) is 0.651. The Morgan fingerprint density at radius 1 is 1.07 bits per heavy atom. The molecule has 27 heavy (non-hydrogen) atoms. The Morgan fingerprint density at radius 2 is 1.89 bits per heavy atom. The molecular weight excluding hydrogens is 360 g/mol. The van der Waals surface area contributed by atoms with E-state index in [1.807, 2.05) is 55.5 Å². The highest BCUT2D eigenvalue weighted by Gasteiger charge is 2.25. The van der Waals surface area contributed by atoms with E-state index in [4.69, 9.17) is 9.47 Å². The molecule has 3 aromatic rings. The first-order chi connectivity index (χ1) is 13.3. The van der Waals surface area contributed by atoms with Crippen LogP contribution in [0.1, 0.15) is 25.6 Å². The Bertz CT molecular complexity index is 934. The van der Waals surface area contributed by atoms with Crippen molar-refractivity contribution in [1.82, 2.24) is 15.2 Å². The van der Waals surface area contributed by atoms with E-state index in [1.54, 1.807) is 0 Å². The summed E-state index contributed by atoms with van der Waals surface area (Å²) >= 11 is 1.54. The van der Waals surface area contributed by atoms with E-state index < -0.39 is 0 Å². The molecule has 138 valence electrons.